The molecular weight excluding hydrogens is 470 g/mol. The van der Waals surface area contributed by atoms with Crippen molar-refractivity contribution in [1.29, 1.82) is 0 Å². The molecule has 1 aromatic heterocycles. The Hall–Kier alpha value is -3.96. The van der Waals surface area contributed by atoms with Gasteiger partial charge in [-0.25, -0.2) is 0 Å². The Bertz CT molecular complexity index is 1450. The van der Waals surface area contributed by atoms with Crippen LogP contribution in [0.2, 0.25) is 5.02 Å². The Morgan fingerprint density at radius 2 is 1.81 bits per heavy atom. The Morgan fingerprint density at radius 1 is 1.00 bits per heavy atom. The summed E-state index contributed by atoms with van der Waals surface area (Å²) in [5, 5.41) is 3.72. The number of carbonyl (C=O) groups excluding carboxylic acids is 2. The number of carbonyl (C=O) groups is 2. The lowest BCUT2D eigenvalue weighted by Gasteiger charge is -2.18. The van der Waals surface area contributed by atoms with E-state index in [2.05, 4.69) is 10.3 Å². The van der Waals surface area contributed by atoms with Gasteiger partial charge in [-0.3, -0.25) is 14.6 Å². The Kier molecular flexibility index (Phi) is 6.57. The van der Waals surface area contributed by atoms with Crippen molar-refractivity contribution in [3.63, 3.8) is 0 Å². The van der Waals surface area contributed by atoms with E-state index in [4.69, 9.17) is 11.6 Å². The molecule has 0 unspecified atom stereocenters. The molecule has 1 aliphatic heterocycles. The Morgan fingerprint density at radius 3 is 2.56 bits per heavy atom. The number of nitrogens with zero attached hydrogens (tertiary/aromatic N) is 2. The monoisotopic (exact) mass is 495 g/mol. The summed E-state index contributed by atoms with van der Waals surface area (Å²) >= 11 is 6.09. The summed E-state index contributed by atoms with van der Waals surface area (Å²) in [6.07, 6.45) is 2.70. The Labute approximate surface area is 215 Å². The molecule has 0 radical (unpaired) electrons. The summed E-state index contributed by atoms with van der Waals surface area (Å²) in [7, 11) is 0. The lowest BCUT2D eigenvalue weighted by molar-refractivity contribution is -0.117. The van der Waals surface area contributed by atoms with E-state index < -0.39 is 0 Å². The first-order valence-corrected chi connectivity index (χ1v) is 12.3. The number of halogens is 1. The molecular formula is C30H26ClN3O2. The largest absolute Gasteiger partial charge is 0.322 e. The average molecular weight is 496 g/mol. The summed E-state index contributed by atoms with van der Waals surface area (Å²) in [5.41, 5.74) is 8.02. The van der Waals surface area contributed by atoms with Crippen LogP contribution in [-0.2, 0) is 17.6 Å². The minimum atomic E-state index is -0.177. The first kappa shape index (κ1) is 23.8. The third-order valence-electron chi connectivity index (χ3n) is 6.71. The van der Waals surface area contributed by atoms with Crippen molar-refractivity contribution < 1.29 is 9.59 Å². The van der Waals surface area contributed by atoms with Crippen molar-refractivity contribution in [3.8, 4) is 11.1 Å². The number of nitrogens with one attached hydrogen (secondary N) is 1. The number of amides is 2. The third kappa shape index (κ3) is 4.75. The van der Waals surface area contributed by atoms with Gasteiger partial charge < -0.3 is 10.2 Å². The Balaban J connectivity index is 1.37. The van der Waals surface area contributed by atoms with E-state index in [0.717, 1.165) is 45.6 Å². The number of fused-ring (bicyclic) bond motifs is 1. The van der Waals surface area contributed by atoms with E-state index >= 15 is 0 Å². The van der Waals surface area contributed by atoms with E-state index in [1.165, 1.54) is 0 Å². The normalized spacial score (nSPS) is 12.4. The van der Waals surface area contributed by atoms with Crippen LogP contribution in [0.4, 0.5) is 11.4 Å². The second kappa shape index (κ2) is 9.96. The number of hydrogen-bond acceptors (Lipinski definition) is 3. The van der Waals surface area contributed by atoms with Gasteiger partial charge in [-0.1, -0.05) is 35.9 Å². The van der Waals surface area contributed by atoms with E-state index in [1.807, 2.05) is 86.6 Å². The highest BCUT2D eigenvalue weighted by atomic mass is 35.5. The molecule has 36 heavy (non-hydrogen) atoms. The predicted molar refractivity (Wildman–Crippen MR) is 145 cm³/mol. The zero-order valence-corrected chi connectivity index (χ0v) is 21.0. The number of rotatable bonds is 5. The van der Waals surface area contributed by atoms with Crippen LogP contribution in [0.5, 0.6) is 0 Å². The second-order valence-electron chi connectivity index (χ2n) is 9.03. The van der Waals surface area contributed by atoms with Crippen LogP contribution >= 0.6 is 11.6 Å². The molecule has 3 aromatic carbocycles. The van der Waals surface area contributed by atoms with Crippen LogP contribution < -0.4 is 10.2 Å². The van der Waals surface area contributed by atoms with Crippen molar-refractivity contribution in [1.82, 2.24) is 4.98 Å². The molecule has 2 amide bonds. The number of hydrogen-bond donors (Lipinski definition) is 1. The van der Waals surface area contributed by atoms with Gasteiger partial charge in [0.2, 0.25) is 5.91 Å². The third-order valence-corrected chi connectivity index (χ3v) is 6.96. The molecule has 0 saturated carbocycles. The zero-order valence-electron chi connectivity index (χ0n) is 20.2. The average Bonchev–Trinajstić information content (AvgIpc) is 3.30. The first-order valence-electron chi connectivity index (χ1n) is 11.9. The van der Waals surface area contributed by atoms with Crippen LogP contribution in [0, 0.1) is 13.8 Å². The molecule has 0 saturated heterocycles. The lowest BCUT2D eigenvalue weighted by atomic mass is 9.91. The minimum absolute atomic E-state index is 0.0203. The van der Waals surface area contributed by atoms with Crippen molar-refractivity contribution in [2.24, 2.45) is 0 Å². The fraction of sp³-hybridized carbons (Fsp3) is 0.167. The van der Waals surface area contributed by atoms with Gasteiger partial charge in [0.1, 0.15) is 0 Å². The molecule has 5 rings (SSSR count). The van der Waals surface area contributed by atoms with Crippen molar-refractivity contribution in [2.45, 2.75) is 26.7 Å². The maximum Gasteiger partial charge on any atom is 0.256 e. The summed E-state index contributed by atoms with van der Waals surface area (Å²) in [5.74, 6) is -0.156. The topological polar surface area (TPSA) is 62.3 Å². The molecule has 0 fully saturated rings. The van der Waals surface area contributed by atoms with Crippen LogP contribution in [0.15, 0.2) is 79.0 Å². The van der Waals surface area contributed by atoms with E-state index in [-0.39, 0.29) is 18.2 Å². The highest BCUT2D eigenvalue weighted by Crippen LogP contribution is 2.33. The molecule has 180 valence electrons. The van der Waals surface area contributed by atoms with Crippen LogP contribution in [0.25, 0.3) is 11.1 Å². The second-order valence-corrected chi connectivity index (χ2v) is 9.46. The van der Waals surface area contributed by atoms with Gasteiger partial charge in [-0.15, -0.1) is 0 Å². The molecule has 0 atom stereocenters. The van der Waals surface area contributed by atoms with Crippen molar-refractivity contribution in [2.75, 3.05) is 16.8 Å². The van der Waals surface area contributed by atoms with Gasteiger partial charge >= 0.3 is 0 Å². The summed E-state index contributed by atoms with van der Waals surface area (Å²) < 4.78 is 0. The lowest BCUT2D eigenvalue weighted by Crippen LogP contribution is -2.30. The molecule has 0 spiro atoms. The standard InChI is InChI=1S/C30H26ClN3O2/c1-19-6-12-26(29(20(19)2)21-7-9-23(31)10-8-21)30(36)33-25-11-13-27-22(17-25)14-16-34(27)28(35)18-24-5-3-4-15-32-24/h3-13,15,17H,14,16,18H2,1-2H3,(H,33,36). The molecule has 0 bridgehead atoms. The summed E-state index contributed by atoms with van der Waals surface area (Å²) in [6.45, 7) is 4.69. The number of anilines is 2. The molecule has 5 nitrogen and oxygen atoms in total. The van der Waals surface area contributed by atoms with Crippen LogP contribution in [0.3, 0.4) is 0 Å². The zero-order chi connectivity index (χ0) is 25.2. The van der Waals surface area contributed by atoms with Gasteiger partial charge in [0.05, 0.1) is 6.42 Å². The quantitative estimate of drug-likeness (QED) is 0.348. The maximum atomic E-state index is 13.4. The SMILES string of the molecule is Cc1ccc(C(=O)Nc2ccc3c(c2)CCN3C(=O)Cc2ccccn2)c(-c2ccc(Cl)cc2)c1C. The molecule has 0 aliphatic carbocycles. The molecule has 1 N–H and O–H groups in total. The molecule has 6 heteroatoms. The smallest absolute Gasteiger partial charge is 0.256 e. The number of pyridine rings is 1. The van der Waals surface area contributed by atoms with E-state index in [1.54, 1.807) is 11.1 Å². The van der Waals surface area contributed by atoms with Crippen molar-refractivity contribution in [3.05, 3.63) is 112 Å². The first-order chi connectivity index (χ1) is 17.4. The van der Waals surface area contributed by atoms with Gasteiger partial charge in [0.15, 0.2) is 0 Å². The van der Waals surface area contributed by atoms with Gasteiger partial charge in [-0.05, 0) is 96.6 Å². The van der Waals surface area contributed by atoms with Crippen LogP contribution in [0.1, 0.15) is 32.7 Å². The molecule has 1 aliphatic rings. The summed E-state index contributed by atoms with van der Waals surface area (Å²) in [4.78, 5) is 32.4. The number of aromatic nitrogens is 1. The van der Waals surface area contributed by atoms with Gasteiger partial charge in [0.25, 0.3) is 5.91 Å². The van der Waals surface area contributed by atoms with Gasteiger partial charge in [-0.2, -0.15) is 0 Å². The highest BCUT2D eigenvalue weighted by molar-refractivity contribution is 6.30. The predicted octanol–water partition coefficient (Wildman–Crippen LogP) is 6.40. The fourth-order valence-corrected chi connectivity index (χ4v) is 4.81. The van der Waals surface area contributed by atoms with Gasteiger partial charge in [0, 0.05) is 40.4 Å². The maximum absolute atomic E-state index is 13.4. The number of aryl methyl sites for hydroxylation is 1. The molecule has 2 heterocycles. The molecule has 4 aromatic rings. The van der Waals surface area contributed by atoms with Crippen LogP contribution in [-0.4, -0.2) is 23.3 Å². The number of benzene rings is 3. The fourth-order valence-electron chi connectivity index (χ4n) is 4.68. The van der Waals surface area contributed by atoms with E-state index in [9.17, 15) is 9.59 Å². The highest BCUT2D eigenvalue weighted by Gasteiger charge is 2.25. The van der Waals surface area contributed by atoms with Crippen molar-refractivity contribution >= 4 is 34.8 Å². The summed E-state index contributed by atoms with van der Waals surface area (Å²) in [6, 6.07) is 22.7. The minimum Gasteiger partial charge on any atom is -0.322 e. The van der Waals surface area contributed by atoms with E-state index in [0.29, 0.717) is 22.8 Å².